The zero-order valence-corrected chi connectivity index (χ0v) is 8.59. The number of hydrogen-bond donors (Lipinski definition) is 0. The third-order valence-corrected chi connectivity index (χ3v) is 3.26. The second-order valence-corrected chi connectivity index (χ2v) is 4.39. The molecule has 2 heterocycles. The Morgan fingerprint density at radius 2 is 2.43 bits per heavy atom. The number of nitrogens with zero attached hydrogens (tertiary/aromatic N) is 3. The third-order valence-electron chi connectivity index (χ3n) is 1.45. The van der Waals surface area contributed by atoms with Gasteiger partial charge < -0.3 is 0 Å². The lowest BCUT2D eigenvalue weighted by Crippen LogP contribution is -1.87. The third kappa shape index (κ3) is 1.97. The Bertz CT molecular complexity index is 430. The van der Waals surface area contributed by atoms with E-state index < -0.39 is 0 Å². The van der Waals surface area contributed by atoms with Crippen LogP contribution in [0, 0.1) is 0 Å². The standard InChI is InChI=1S/C8H5N3OS2/c12-4-6-2-1-3-9-7(6)14-8-11-10-5-13-8/h1-5H. The van der Waals surface area contributed by atoms with E-state index in [1.807, 2.05) is 0 Å². The first-order valence-electron chi connectivity index (χ1n) is 3.74. The molecule has 0 radical (unpaired) electrons. The molecular weight excluding hydrogens is 218 g/mol. The van der Waals surface area contributed by atoms with E-state index in [2.05, 4.69) is 15.2 Å². The number of carbonyl (C=O) groups excluding carboxylic acids is 1. The van der Waals surface area contributed by atoms with Gasteiger partial charge in [0, 0.05) is 11.8 Å². The summed E-state index contributed by atoms with van der Waals surface area (Å²) < 4.78 is 0.784. The highest BCUT2D eigenvalue weighted by atomic mass is 32.2. The highest BCUT2D eigenvalue weighted by molar-refractivity contribution is 8.01. The summed E-state index contributed by atoms with van der Waals surface area (Å²) in [5.41, 5.74) is 2.22. The average molecular weight is 223 g/mol. The molecule has 0 bridgehead atoms. The number of hydrogen-bond acceptors (Lipinski definition) is 6. The second kappa shape index (κ2) is 4.30. The number of rotatable bonds is 3. The van der Waals surface area contributed by atoms with Crippen LogP contribution >= 0.6 is 23.1 Å². The molecule has 0 fully saturated rings. The highest BCUT2D eigenvalue weighted by Gasteiger charge is 2.06. The van der Waals surface area contributed by atoms with Crippen molar-refractivity contribution in [2.45, 2.75) is 9.37 Å². The first-order valence-corrected chi connectivity index (χ1v) is 5.44. The van der Waals surface area contributed by atoms with E-state index in [-0.39, 0.29) is 0 Å². The molecule has 0 aliphatic heterocycles. The lowest BCUT2D eigenvalue weighted by Gasteiger charge is -1.98. The Labute approximate surface area is 88.4 Å². The Hall–Kier alpha value is -1.27. The Morgan fingerprint density at radius 1 is 1.50 bits per heavy atom. The molecule has 0 aliphatic carbocycles. The van der Waals surface area contributed by atoms with Crippen molar-refractivity contribution in [1.29, 1.82) is 0 Å². The summed E-state index contributed by atoms with van der Waals surface area (Å²) in [7, 11) is 0. The predicted octanol–water partition coefficient (Wildman–Crippen LogP) is 1.90. The van der Waals surface area contributed by atoms with Crippen LogP contribution in [0.25, 0.3) is 0 Å². The monoisotopic (exact) mass is 223 g/mol. The number of pyridine rings is 1. The molecule has 0 unspecified atom stereocenters. The molecule has 2 aromatic heterocycles. The van der Waals surface area contributed by atoms with Crippen LogP contribution in [-0.4, -0.2) is 21.5 Å². The topological polar surface area (TPSA) is 55.7 Å². The van der Waals surface area contributed by atoms with Gasteiger partial charge in [-0.1, -0.05) is 11.3 Å². The van der Waals surface area contributed by atoms with Gasteiger partial charge in [0.05, 0.1) is 0 Å². The molecule has 0 aliphatic rings. The van der Waals surface area contributed by atoms with Crippen molar-refractivity contribution in [1.82, 2.24) is 15.2 Å². The van der Waals surface area contributed by atoms with E-state index in [0.717, 1.165) is 10.6 Å². The van der Waals surface area contributed by atoms with E-state index >= 15 is 0 Å². The molecule has 70 valence electrons. The van der Waals surface area contributed by atoms with Gasteiger partial charge in [-0.3, -0.25) is 4.79 Å². The summed E-state index contributed by atoms with van der Waals surface area (Å²) in [5.74, 6) is 0. The van der Waals surface area contributed by atoms with Crippen LogP contribution < -0.4 is 0 Å². The van der Waals surface area contributed by atoms with E-state index in [1.165, 1.54) is 23.1 Å². The Kier molecular flexibility index (Phi) is 2.85. The minimum absolute atomic E-state index is 0.577. The van der Waals surface area contributed by atoms with Crippen molar-refractivity contribution in [2.24, 2.45) is 0 Å². The summed E-state index contributed by atoms with van der Waals surface area (Å²) in [4.78, 5) is 14.8. The summed E-state index contributed by atoms with van der Waals surface area (Å²) in [6, 6.07) is 3.46. The molecule has 2 rings (SSSR count). The zero-order valence-electron chi connectivity index (χ0n) is 6.95. The molecule has 4 nitrogen and oxygen atoms in total. The molecule has 0 aromatic carbocycles. The zero-order chi connectivity index (χ0) is 9.80. The lowest BCUT2D eigenvalue weighted by atomic mass is 10.3. The molecule has 0 N–H and O–H groups in total. The summed E-state index contributed by atoms with van der Waals surface area (Å²) in [6.07, 6.45) is 2.44. The molecule has 2 aromatic rings. The highest BCUT2D eigenvalue weighted by Crippen LogP contribution is 2.28. The SMILES string of the molecule is O=Cc1cccnc1Sc1nncs1. The molecule has 0 atom stereocenters. The Morgan fingerprint density at radius 3 is 3.14 bits per heavy atom. The van der Waals surface area contributed by atoms with Crippen molar-refractivity contribution >= 4 is 29.4 Å². The maximum absolute atomic E-state index is 10.7. The van der Waals surface area contributed by atoms with Crippen LogP contribution in [0.15, 0.2) is 33.2 Å². The van der Waals surface area contributed by atoms with Gasteiger partial charge >= 0.3 is 0 Å². The summed E-state index contributed by atoms with van der Waals surface area (Å²) in [5, 5.41) is 8.23. The van der Waals surface area contributed by atoms with Crippen LogP contribution in [0.3, 0.4) is 0 Å². The number of aldehydes is 1. The molecule has 14 heavy (non-hydrogen) atoms. The van der Waals surface area contributed by atoms with Gasteiger partial charge in [0.25, 0.3) is 0 Å². The Balaban J connectivity index is 2.28. The van der Waals surface area contributed by atoms with Crippen molar-refractivity contribution in [3.05, 3.63) is 29.4 Å². The van der Waals surface area contributed by atoms with Gasteiger partial charge in [-0.05, 0) is 23.9 Å². The van der Waals surface area contributed by atoms with Gasteiger partial charge in [-0.15, -0.1) is 10.2 Å². The average Bonchev–Trinajstić information content (AvgIpc) is 2.71. The van der Waals surface area contributed by atoms with Crippen LogP contribution in [-0.2, 0) is 0 Å². The van der Waals surface area contributed by atoms with Gasteiger partial charge in [0.1, 0.15) is 10.5 Å². The maximum atomic E-state index is 10.7. The number of aromatic nitrogens is 3. The van der Waals surface area contributed by atoms with Crippen LogP contribution in [0.4, 0.5) is 0 Å². The van der Waals surface area contributed by atoms with Gasteiger partial charge in [-0.25, -0.2) is 4.98 Å². The minimum atomic E-state index is 0.577. The normalized spacial score (nSPS) is 10.0. The van der Waals surface area contributed by atoms with Gasteiger partial charge in [-0.2, -0.15) is 0 Å². The van der Waals surface area contributed by atoms with Crippen LogP contribution in [0.1, 0.15) is 10.4 Å². The van der Waals surface area contributed by atoms with Crippen molar-refractivity contribution in [2.75, 3.05) is 0 Å². The fourth-order valence-corrected chi connectivity index (χ4v) is 2.31. The molecule has 0 saturated heterocycles. The quantitative estimate of drug-likeness (QED) is 0.744. The van der Waals surface area contributed by atoms with Crippen molar-refractivity contribution in [3.63, 3.8) is 0 Å². The largest absolute Gasteiger partial charge is 0.298 e. The molecule has 0 amide bonds. The summed E-state index contributed by atoms with van der Waals surface area (Å²) in [6.45, 7) is 0. The van der Waals surface area contributed by atoms with Crippen LogP contribution in [0.5, 0.6) is 0 Å². The van der Waals surface area contributed by atoms with Crippen molar-refractivity contribution in [3.8, 4) is 0 Å². The predicted molar refractivity (Wildman–Crippen MR) is 53.7 cm³/mol. The maximum Gasteiger partial charge on any atom is 0.180 e. The van der Waals surface area contributed by atoms with Gasteiger partial charge in [0.2, 0.25) is 0 Å². The minimum Gasteiger partial charge on any atom is -0.298 e. The smallest absolute Gasteiger partial charge is 0.180 e. The molecular formula is C8H5N3OS2. The lowest BCUT2D eigenvalue weighted by molar-refractivity contribution is 0.112. The van der Waals surface area contributed by atoms with E-state index in [4.69, 9.17) is 0 Å². The second-order valence-electron chi connectivity index (χ2n) is 2.32. The first kappa shape index (κ1) is 9.29. The first-order chi connectivity index (χ1) is 6.90. The fraction of sp³-hybridized carbons (Fsp3) is 0. The fourth-order valence-electron chi connectivity index (χ4n) is 0.868. The van der Waals surface area contributed by atoms with E-state index in [1.54, 1.807) is 23.8 Å². The summed E-state index contributed by atoms with van der Waals surface area (Å²) >= 11 is 2.77. The van der Waals surface area contributed by atoms with Gasteiger partial charge in [0.15, 0.2) is 10.6 Å². The van der Waals surface area contributed by atoms with E-state index in [0.29, 0.717) is 10.6 Å². The molecule has 0 spiro atoms. The van der Waals surface area contributed by atoms with Crippen LogP contribution in [0.2, 0.25) is 0 Å². The number of carbonyl (C=O) groups is 1. The van der Waals surface area contributed by atoms with E-state index in [9.17, 15) is 4.79 Å². The molecule has 6 heteroatoms. The molecule has 0 saturated carbocycles. The van der Waals surface area contributed by atoms with Crippen molar-refractivity contribution < 1.29 is 4.79 Å².